The lowest BCUT2D eigenvalue weighted by Gasteiger charge is -2.10. The molecular weight excluding hydrogens is 274 g/mol. The van der Waals surface area contributed by atoms with E-state index in [4.69, 9.17) is 4.74 Å². The van der Waals surface area contributed by atoms with Gasteiger partial charge in [0.2, 0.25) is 0 Å². The highest BCUT2D eigenvalue weighted by Crippen LogP contribution is 2.17. The van der Waals surface area contributed by atoms with Gasteiger partial charge >= 0.3 is 11.9 Å². The average molecular weight is 291 g/mol. The van der Waals surface area contributed by atoms with Crippen LogP contribution in [-0.2, 0) is 19.1 Å². The smallest absolute Gasteiger partial charge is 0.337 e. The first-order valence-corrected chi connectivity index (χ1v) is 6.26. The number of benzene rings is 1. The summed E-state index contributed by atoms with van der Waals surface area (Å²) in [5.41, 5.74) is 1.56. The number of carbonyl (C=O) groups excluding carboxylic acids is 3. The van der Waals surface area contributed by atoms with Crippen molar-refractivity contribution < 1.29 is 23.9 Å². The van der Waals surface area contributed by atoms with Crippen molar-refractivity contribution in [2.45, 2.75) is 13.8 Å². The lowest BCUT2D eigenvalue weighted by atomic mass is 10.1. The summed E-state index contributed by atoms with van der Waals surface area (Å²) >= 11 is 0. The highest BCUT2D eigenvalue weighted by atomic mass is 16.5. The number of carbonyl (C=O) groups is 3. The molecule has 0 aliphatic rings. The molecule has 0 bridgehead atoms. The Hall–Kier alpha value is -2.63. The molecule has 6 heteroatoms. The Balaban J connectivity index is 2.71. The van der Waals surface area contributed by atoms with Crippen molar-refractivity contribution in [2.24, 2.45) is 0 Å². The summed E-state index contributed by atoms with van der Waals surface area (Å²) in [7, 11) is 1.28. The molecule has 0 aliphatic heterocycles. The first kappa shape index (κ1) is 16.4. The standard InChI is InChI=1S/C15H17NO5/c1-4-5-14(18)21-9-13(17)16-12-8-11(15(19)20-3)7-6-10(12)2/h4-8H,9H2,1-3H3,(H,16,17)/b5-4+. The van der Waals surface area contributed by atoms with Crippen LogP contribution in [0.15, 0.2) is 30.4 Å². The number of esters is 2. The van der Waals surface area contributed by atoms with Gasteiger partial charge in [-0.2, -0.15) is 0 Å². The van der Waals surface area contributed by atoms with Crippen molar-refractivity contribution in [3.05, 3.63) is 41.5 Å². The zero-order chi connectivity index (χ0) is 15.8. The second kappa shape index (κ2) is 7.84. The number of methoxy groups -OCH3 is 1. The minimum Gasteiger partial charge on any atom is -0.465 e. The topological polar surface area (TPSA) is 81.7 Å². The lowest BCUT2D eigenvalue weighted by Crippen LogP contribution is -2.20. The molecule has 6 nitrogen and oxygen atoms in total. The third-order valence-corrected chi connectivity index (χ3v) is 2.58. The minimum atomic E-state index is -0.590. The van der Waals surface area contributed by atoms with Crippen LogP contribution >= 0.6 is 0 Å². The number of rotatable bonds is 5. The summed E-state index contributed by atoms with van der Waals surface area (Å²) < 4.78 is 9.34. The van der Waals surface area contributed by atoms with Crippen molar-refractivity contribution in [3.63, 3.8) is 0 Å². The van der Waals surface area contributed by atoms with Crippen LogP contribution in [0.1, 0.15) is 22.8 Å². The molecule has 1 aromatic rings. The number of anilines is 1. The van der Waals surface area contributed by atoms with Crippen LogP contribution in [0.2, 0.25) is 0 Å². The van der Waals surface area contributed by atoms with E-state index in [1.807, 2.05) is 0 Å². The van der Waals surface area contributed by atoms with Gasteiger partial charge < -0.3 is 14.8 Å². The van der Waals surface area contributed by atoms with Gasteiger partial charge in [-0.15, -0.1) is 0 Å². The van der Waals surface area contributed by atoms with E-state index in [0.717, 1.165) is 5.56 Å². The maximum atomic E-state index is 11.7. The van der Waals surface area contributed by atoms with Gasteiger partial charge in [-0.25, -0.2) is 9.59 Å². The maximum Gasteiger partial charge on any atom is 0.337 e. The van der Waals surface area contributed by atoms with E-state index in [1.165, 1.54) is 25.3 Å². The molecule has 1 amide bonds. The van der Waals surface area contributed by atoms with Gasteiger partial charge in [0.15, 0.2) is 6.61 Å². The van der Waals surface area contributed by atoms with Crippen LogP contribution in [0, 0.1) is 6.92 Å². The first-order valence-electron chi connectivity index (χ1n) is 6.26. The van der Waals surface area contributed by atoms with Gasteiger partial charge in [0, 0.05) is 11.8 Å². The molecule has 0 fully saturated rings. The second-order valence-electron chi connectivity index (χ2n) is 4.18. The van der Waals surface area contributed by atoms with Crippen molar-refractivity contribution in [2.75, 3.05) is 19.0 Å². The molecule has 0 aliphatic carbocycles. The summed E-state index contributed by atoms with van der Waals surface area (Å²) in [5, 5.41) is 2.58. The van der Waals surface area contributed by atoms with Gasteiger partial charge in [-0.3, -0.25) is 4.79 Å². The van der Waals surface area contributed by atoms with Crippen molar-refractivity contribution in [1.29, 1.82) is 0 Å². The van der Waals surface area contributed by atoms with Crippen LogP contribution in [-0.4, -0.2) is 31.6 Å². The van der Waals surface area contributed by atoms with Crippen LogP contribution in [0.4, 0.5) is 5.69 Å². The number of ether oxygens (including phenoxy) is 2. The number of nitrogens with one attached hydrogen (secondary N) is 1. The van der Waals surface area contributed by atoms with E-state index in [9.17, 15) is 14.4 Å². The molecule has 0 heterocycles. The molecule has 0 spiro atoms. The highest BCUT2D eigenvalue weighted by Gasteiger charge is 2.11. The number of hydrogen-bond donors (Lipinski definition) is 1. The molecule has 1 aromatic carbocycles. The van der Waals surface area contributed by atoms with Crippen molar-refractivity contribution in [3.8, 4) is 0 Å². The fourth-order valence-electron chi connectivity index (χ4n) is 1.51. The molecule has 0 radical (unpaired) electrons. The number of hydrogen-bond acceptors (Lipinski definition) is 5. The van der Waals surface area contributed by atoms with Crippen LogP contribution in [0.25, 0.3) is 0 Å². The molecular formula is C15H17NO5. The zero-order valence-corrected chi connectivity index (χ0v) is 12.1. The average Bonchev–Trinajstić information content (AvgIpc) is 2.47. The van der Waals surface area contributed by atoms with Gasteiger partial charge in [0.25, 0.3) is 5.91 Å². The van der Waals surface area contributed by atoms with Crippen LogP contribution < -0.4 is 5.32 Å². The summed E-state index contributed by atoms with van der Waals surface area (Å²) in [5.74, 6) is -1.57. The number of aryl methyl sites for hydroxylation is 1. The predicted octanol–water partition coefficient (Wildman–Crippen LogP) is 1.84. The third kappa shape index (κ3) is 5.10. The minimum absolute atomic E-state index is 0.323. The molecule has 0 saturated heterocycles. The molecule has 0 aromatic heterocycles. The summed E-state index contributed by atoms with van der Waals surface area (Å²) in [6, 6.07) is 4.80. The molecule has 21 heavy (non-hydrogen) atoms. The monoisotopic (exact) mass is 291 g/mol. The Labute approximate surface area is 122 Å². The number of amides is 1. The van der Waals surface area contributed by atoms with E-state index in [-0.39, 0.29) is 0 Å². The van der Waals surface area contributed by atoms with E-state index in [2.05, 4.69) is 10.1 Å². The molecule has 112 valence electrons. The molecule has 0 atom stereocenters. The normalized spacial score (nSPS) is 10.2. The zero-order valence-electron chi connectivity index (χ0n) is 12.1. The Morgan fingerprint density at radius 1 is 1.29 bits per heavy atom. The summed E-state index contributed by atoms with van der Waals surface area (Å²) in [4.78, 5) is 34.2. The van der Waals surface area contributed by atoms with Crippen molar-refractivity contribution in [1.82, 2.24) is 0 Å². The van der Waals surface area contributed by atoms with E-state index in [1.54, 1.807) is 26.0 Å². The van der Waals surface area contributed by atoms with E-state index in [0.29, 0.717) is 11.3 Å². The molecule has 1 N–H and O–H groups in total. The Morgan fingerprint density at radius 3 is 2.62 bits per heavy atom. The van der Waals surface area contributed by atoms with Gasteiger partial charge in [0.1, 0.15) is 0 Å². The van der Waals surface area contributed by atoms with Gasteiger partial charge in [-0.05, 0) is 31.5 Å². The molecule has 0 saturated carbocycles. The highest BCUT2D eigenvalue weighted by molar-refractivity contribution is 5.96. The first-order chi connectivity index (χ1) is 9.97. The Morgan fingerprint density at radius 2 is 2.00 bits per heavy atom. The summed E-state index contributed by atoms with van der Waals surface area (Å²) in [6.07, 6.45) is 2.74. The fraction of sp³-hybridized carbons (Fsp3) is 0.267. The number of allylic oxidation sites excluding steroid dienone is 1. The van der Waals surface area contributed by atoms with Gasteiger partial charge in [0.05, 0.1) is 12.7 Å². The van der Waals surface area contributed by atoms with E-state index >= 15 is 0 Å². The Bertz CT molecular complexity index is 577. The van der Waals surface area contributed by atoms with Gasteiger partial charge in [-0.1, -0.05) is 12.1 Å². The third-order valence-electron chi connectivity index (χ3n) is 2.58. The lowest BCUT2D eigenvalue weighted by molar-refractivity contribution is -0.142. The van der Waals surface area contributed by atoms with Crippen molar-refractivity contribution >= 4 is 23.5 Å². The maximum absolute atomic E-state index is 11.7. The molecule has 0 unspecified atom stereocenters. The second-order valence-corrected chi connectivity index (χ2v) is 4.18. The quantitative estimate of drug-likeness (QED) is 0.661. The predicted molar refractivity (Wildman–Crippen MR) is 76.9 cm³/mol. The fourth-order valence-corrected chi connectivity index (χ4v) is 1.51. The molecule has 1 rings (SSSR count). The van der Waals surface area contributed by atoms with Crippen LogP contribution in [0.5, 0.6) is 0 Å². The Kier molecular flexibility index (Phi) is 6.13. The largest absolute Gasteiger partial charge is 0.465 e. The van der Waals surface area contributed by atoms with E-state index < -0.39 is 24.5 Å². The SMILES string of the molecule is C/C=C/C(=O)OCC(=O)Nc1cc(C(=O)OC)ccc1C. The van der Waals surface area contributed by atoms with Crippen LogP contribution in [0.3, 0.4) is 0 Å². The summed E-state index contributed by atoms with van der Waals surface area (Å²) in [6.45, 7) is 3.05.